The van der Waals surface area contributed by atoms with Crippen LogP contribution in [0.1, 0.15) is 25.3 Å². The molecule has 0 saturated carbocycles. The molecule has 1 aliphatic rings. The summed E-state index contributed by atoms with van der Waals surface area (Å²) in [6.45, 7) is 4.52. The normalized spacial score (nSPS) is 18.8. The number of carbonyl (C=O) groups is 1. The van der Waals surface area contributed by atoms with Gasteiger partial charge in [0.25, 0.3) is 5.91 Å². The van der Waals surface area contributed by atoms with Gasteiger partial charge in [-0.2, -0.15) is 0 Å². The van der Waals surface area contributed by atoms with Crippen molar-refractivity contribution >= 4 is 11.6 Å². The molecule has 0 aliphatic carbocycles. The number of anilines is 1. The molecule has 0 bridgehead atoms. The summed E-state index contributed by atoms with van der Waals surface area (Å²) in [7, 11) is 0. The van der Waals surface area contributed by atoms with Crippen LogP contribution in [-0.4, -0.2) is 25.2 Å². The van der Waals surface area contributed by atoms with E-state index < -0.39 is 0 Å². The first-order valence-electron chi connectivity index (χ1n) is 6.51. The standard InChI is InChI=1S/C14H20N2O2/c1-2-15-10-11-5-3-6-12(9-11)16-14(17)13-7-4-8-18-13/h3,5-6,9,13,15H,2,4,7-8,10H2,1H3,(H,16,17)/t13-/m0/s1. The zero-order chi connectivity index (χ0) is 12.8. The van der Waals surface area contributed by atoms with Gasteiger partial charge >= 0.3 is 0 Å². The first kappa shape index (κ1) is 13.1. The van der Waals surface area contributed by atoms with Crippen molar-refractivity contribution in [3.8, 4) is 0 Å². The highest BCUT2D eigenvalue weighted by atomic mass is 16.5. The second-order valence-corrected chi connectivity index (χ2v) is 4.47. The summed E-state index contributed by atoms with van der Waals surface area (Å²) < 4.78 is 5.36. The van der Waals surface area contributed by atoms with Crippen LogP contribution in [0.4, 0.5) is 5.69 Å². The van der Waals surface area contributed by atoms with Gasteiger partial charge in [-0.1, -0.05) is 19.1 Å². The van der Waals surface area contributed by atoms with E-state index in [1.807, 2.05) is 24.3 Å². The van der Waals surface area contributed by atoms with E-state index in [1.165, 1.54) is 5.56 Å². The molecule has 2 rings (SSSR count). The van der Waals surface area contributed by atoms with Crippen molar-refractivity contribution in [2.45, 2.75) is 32.4 Å². The summed E-state index contributed by atoms with van der Waals surface area (Å²) in [5.41, 5.74) is 2.01. The summed E-state index contributed by atoms with van der Waals surface area (Å²) >= 11 is 0. The molecule has 0 spiro atoms. The molecule has 2 N–H and O–H groups in total. The monoisotopic (exact) mass is 248 g/mol. The van der Waals surface area contributed by atoms with Gasteiger partial charge in [0.15, 0.2) is 0 Å². The Bertz CT molecular complexity index is 401. The molecule has 4 heteroatoms. The van der Waals surface area contributed by atoms with Crippen LogP contribution in [0, 0.1) is 0 Å². The Morgan fingerprint density at radius 2 is 2.39 bits per heavy atom. The predicted octanol–water partition coefficient (Wildman–Crippen LogP) is 1.91. The zero-order valence-corrected chi connectivity index (χ0v) is 10.7. The van der Waals surface area contributed by atoms with Crippen molar-refractivity contribution < 1.29 is 9.53 Å². The third-order valence-corrected chi connectivity index (χ3v) is 3.00. The first-order chi connectivity index (χ1) is 8.79. The van der Waals surface area contributed by atoms with Crippen molar-refractivity contribution in [1.82, 2.24) is 5.32 Å². The molecular weight excluding hydrogens is 228 g/mol. The van der Waals surface area contributed by atoms with Gasteiger partial charge in [0.05, 0.1) is 0 Å². The Morgan fingerprint density at radius 1 is 1.50 bits per heavy atom. The topological polar surface area (TPSA) is 50.4 Å². The molecule has 1 aromatic carbocycles. The molecule has 0 radical (unpaired) electrons. The lowest BCUT2D eigenvalue weighted by molar-refractivity contribution is -0.124. The molecule has 1 aromatic rings. The Hall–Kier alpha value is -1.39. The lowest BCUT2D eigenvalue weighted by atomic mass is 10.2. The quantitative estimate of drug-likeness (QED) is 0.837. The Kier molecular flexibility index (Phi) is 4.73. The molecular formula is C14H20N2O2. The summed E-state index contributed by atoms with van der Waals surface area (Å²) in [4.78, 5) is 11.9. The smallest absolute Gasteiger partial charge is 0.253 e. The first-order valence-corrected chi connectivity index (χ1v) is 6.51. The Labute approximate surface area is 108 Å². The number of benzene rings is 1. The van der Waals surface area contributed by atoms with E-state index in [0.717, 1.165) is 31.6 Å². The minimum atomic E-state index is -0.276. The van der Waals surface area contributed by atoms with Gasteiger partial charge in [-0.15, -0.1) is 0 Å². The fraction of sp³-hybridized carbons (Fsp3) is 0.500. The molecule has 98 valence electrons. The summed E-state index contributed by atoms with van der Waals surface area (Å²) in [6.07, 6.45) is 1.52. The van der Waals surface area contributed by atoms with E-state index in [0.29, 0.717) is 6.61 Å². The highest BCUT2D eigenvalue weighted by Gasteiger charge is 2.23. The molecule has 18 heavy (non-hydrogen) atoms. The number of rotatable bonds is 5. The van der Waals surface area contributed by atoms with Crippen molar-refractivity contribution in [2.75, 3.05) is 18.5 Å². The van der Waals surface area contributed by atoms with Crippen LogP contribution in [0.2, 0.25) is 0 Å². The number of carbonyl (C=O) groups excluding carboxylic acids is 1. The predicted molar refractivity (Wildman–Crippen MR) is 71.4 cm³/mol. The van der Waals surface area contributed by atoms with Crippen molar-refractivity contribution in [1.29, 1.82) is 0 Å². The highest BCUT2D eigenvalue weighted by Crippen LogP contribution is 2.16. The number of amides is 1. The molecule has 1 fully saturated rings. The van der Waals surface area contributed by atoms with Gasteiger partial charge in [-0.05, 0) is 37.1 Å². The maximum absolute atomic E-state index is 11.9. The van der Waals surface area contributed by atoms with E-state index in [-0.39, 0.29) is 12.0 Å². The van der Waals surface area contributed by atoms with Gasteiger partial charge < -0.3 is 15.4 Å². The Balaban J connectivity index is 1.93. The molecule has 1 atom stereocenters. The molecule has 4 nitrogen and oxygen atoms in total. The van der Waals surface area contributed by atoms with Crippen molar-refractivity contribution in [3.63, 3.8) is 0 Å². The van der Waals surface area contributed by atoms with Gasteiger partial charge in [-0.3, -0.25) is 4.79 Å². The van der Waals surface area contributed by atoms with Crippen LogP contribution in [0.15, 0.2) is 24.3 Å². The fourth-order valence-electron chi connectivity index (χ4n) is 2.04. The zero-order valence-electron chi connectivity index (χ0n) is 10.7. The average molecular weight is 248 g/mol. The third-order valence-electron chi connectivity index (χ3n) is 3.00. The summed E-state index contributed by atoms with van der Waals surface area (Å²) in [5, 5.41) is 6.17. The largest absolute Gasteiger partial charge is 0.368 e. The molecule has 0 unspecified atom stereocenters. The Morgan fingerprint density at radius 3 is 3.11 bits per heavy atom. The maximum Gasteiger partial charge on any atom is 0.253 e. The van der Waals surface area contributed by atoms with E-state index in [4.69, 9.17) is 4.74 Å². The van der Waals surface area contributed by atoms with E-state index in [2.05, 4.69) is 17.6 Å². The van der Waals surface area contributed by atoms with Gasteiger partial charge in [0.1, 0.15) is 6.10 Å². The van der Waals surface area contributed by atoms with E-state index in [1.54, 1.807) is 0 Å². The minimum absolute atomic E-state index is 0.0342. The highest BCUT2D eigenvalue weighted by molar-refractivity contribution is 5.94. The lowest BCUT2D eigenvalue weighted by Gasteiger charge is -2.11. The van der Waals surface area contributed by atoms with E-state index >= 15 is 0 Å². The van der Waals surface area contributed by atoms with Gasteiger partial charge in [0, 0.05) is 18.8 Å². The lowest BCUT2D eigenvalue weighted by Crippen LogP contribution is -2.26. The maximum atomic E-state index is 11.9. The van der Waals surface area contributed by atoms with Crippen LogP contribution in [0.3, 0.4) is 0 Å². The second-order valence-electron chi connectivity index (χ2n) is 4.47. The number of nitrogens with one attached hydrogen (secondary N) is 2. The van der Waals surface area contributed by atoms with Crippen LogP contribution in [-0.2, 0) is 16.1 Å². The molecule has 0 aromatic heterocycles. The number of hydrogen-bond acceptors (Lipinski definition) is 3. The number of ether oxygens (including phenoxy) is 1. The fourth-order valence-corrected chi connectivity index (χ4v) is 2.04. The molecule has 1 heterocycles. The van der Waals surface area contributed by atoms with Gasteiger partial charge in [0.2, 0.25) is 0 Å². The van der Waals surface area contributed by atoms with E-state index in [9.17, 15) is 4.79 Å². The molecule has 1 amide bonds. The van der Waals surface area contributed by atoms with Crippen LogP contribution < -0.4 is 10.6 Å². The van der Waals surface area contributed by atoms with Crippen LogP contribution in [0.25, 0.3) is 0 Å². The molecule has 1 saturated heterocycles. The second kappa shape index (κ2) is 6.52. The van der Waals surface area contributed by atoms with Crippen molar-refractivity contribution in [3.05, 3.63) is 29.8 Å². The number of hydrogen-bond donors (Lipinski definition) is 2. The van der Waals surface area contributed by atoms with Crippen LogP contribution in [0.5, 0.6) is 0 Å². The molecule has 1 aliphatic heterocycles. The van der Waals surface area contributed by atoms with Crippen molar-refractivity contribution in [2.24, 2.45) is 0 Å². The van der Waals surface area contributed by atoms with Crippen LogP contribution >= 0.6 is 0 Å². The SMILES string of the molecule is CCNCc1cccc(NC(=O)[C@@H]2CCCO2)c1. The van der Waals surface area contributed by atoms with Gasteiger partial charge in [-0.25, -0.2) is 0 Å². The minimum Gasteiger partial charge on any atom is -0.368 e. The summed E-state index contributed by atoms with van der Waals surface area (Å²) in [6, 6.07) is 7.90. The third kappa shape index (κ3) is 3.55. The average Bonchev–Trinajstić information content (AvgIpc) is 2.91. The summed E-state index contributed by atoms with van der Waals surface area (Å²) in [5.74, 6) is -0.0342.